The molecule has 1 fully saturated rings. The van der Waals surface area contributed by atoms with Gasteiger partial charge in [0.1, 0.15) is 0 Å². The molecule has 13 heavy (non-hydrogen) atoms. The smallest absolute Gasteiger partial charge is 0.396 e. The van der Waals surface area contributed by atoms with E-state index in [2.05, 4.69) is 17.0 Å². The van der Waals surface area contributed by atoms with E-state index < -0.39 is 11.9 Å². The van der Waals surface area contributed by atoms with Crippen molar-refractivity contribution < 1.29 is 14.3 Å². The molecule has 1 aliphatic carbocycles. The second-order valence-electron chi connectivity index (χ2n) is 3.20. The molecule has 1 rings (SSSR count). The van der Waals surface area contributed by atoms with Crippen LogP contribution in [0.1, 0.15) is 26.7 Å². The van der Waals surface area contributed by atoms with E-state index in [-0.39, 0.29) is 12.6 Å². The Morgan fingerprint density at radius 1 is 1.46 bits per heavy atom. The summed E-state index contributed by atoms with van der Waals surface area (Å²) < 4.78 is 4.55. The maximum absolute atomic E-state index is 11.1. The Kier molecular flexibility index (Phi) is 3.28. The Morgan fingerprint density at radius 3 is 2.62 bits per heavy atom. The molecule has 1 N–H and O–H groups in total. The molecular formula is C9H15NO3. The molecule has 0 spiro atoms. The molecule has 0 saturated heterocycles. The SMILES string of the molecule is CCOC(=O)C(=O)NC1CC1CC. The van der Waals surface area contributed by atoms with Gasteiger partial charge in [0.25, 0.3) is 0 Å². The van der Waals surface area contributed by atoms with Crippen molar-refractivity contribution in [3.05, 3.63) is 0 Å². The molecular weight excluding hydrogens is 170 g/mol. The highest BCUT2D eigenvalue weighted by atomic mass is 16.5. The van der Waals surface area contributed by atoms with Crippen molar-refractivity contribution in [2.24, 2.45) is 5.92 Å². The minimum atomic E-state index is -0.774. The monoisotopic (exact) mass is 185 g/mol. The van der Waals surface area contributed by atoms with E-state index in [0.29, 0.717) is 5.92 Å². The lowest BCUT2D eigenvalue weighted by Crippen LogP contribution is -2.34. The highest BCUT2D eigenvalue weighted by molar-refractivity contribution is 6.32. The zero-order valence-electron chi connectivity index (χ0n) is 8.00. The van der Waals surface area contributed by atoms with Gasteiger partial charge < -0.3 is 10.1 Å². The molecule has 0 bridgehead atoms. The fraction of sp³-hybridized carbons (Fsp3) is 0.778. The topological polar surface area (TPSA) is 55.4 Å². The van der Waals surface area contributed by atoms with Gasteiger partial charge in [-0.05, 0) is 19.3 Å². The van der Waals surface area contributed by atoms with Crippen LogP contribution in [0.3, 0.4) is 0 Å². The molecule has 0 aromatic carbocycles. The van der Waals surface area contributed by atoms with Crippen LogP contribution in [-0.4, -0.2) is 24.5 Å². The number of amides is 1. The Bertz CT molecular complexity index is 215. The zero-order chi connectivity index (χ0) is 9.84. The summed E-state index contributed by atoms with van der Waals surface area (Å²) in [5.74, 6) is -0.828. The maximum atomic E-state index is 11.1. The molecule has 2 atom stereocenters. The molecule has 0 radical (unpaired) electrons. The van der Waals surface area contributed by atoms with Crippen LogP contribution in [0.2, 0.25) is 0 Å². The van der Waals surface area contributed by atoms with Crippen molar-refractivity contribution in [1.82, 2.24) is 5.32 Å². The van der Waals surface area contributed by atoms with Crippen molar-refractivity contribution in [2.75, 3.05) is 6.61 Å². The number of esters is 1. The van der Waals surface area contributed by atoms with E-state index in [1.165, 1.54) is 0 Å². The van der Waals surface area contributed by atoms with Crippen LogP contribution in [0.4, 0.5) is 0 Å². The number of carbonyl (C=O) groups is 2. The Labute approximate surface area is 77.6 Å². The molecule has 0 aromatic heterocycles. The van der Waals surface area contributed by atoms with Crippen LogP contribution in [-0.2, 0) is 14.3 Å². The van der Waals surface area contributed by atoms with E-state index in [0.717, 1.165) is 12.8 Å². The number of hydrogen-bond acceptors (Lipinski definition) is 3. The summed E-state index contributed by atoms with van der Waals surface area (Å²) in [5, 5.41) is 2.63. The summed E-state index contributed by atoms with van der Waals surface area (Å²) in [6.45, 7) is 3.99. The van der Waals surface area contributed by atoms with Gasteiger partial charge in [0.05, 0.1) is 6.61 Å². The quantitative estimate of drug-likeness (QED) is 0.513. The lowest BCUT2D eigenvalue weighted by atomic mass is 10.3. The fourth-order valence-electron chi connectivity index (χ4n) is 1.30. The minimum absolute atomic E-state index is 0.196. The third-order valence-electron chi connectivity index (χ3n) is 2.22. The van der Waals surface area contributed by atoms with Gasteiger partial charge >= 0.3 is 11.9 Å². The largest absolute Gasteiger partial charge is 0.459 e. The van der Waals surface area contributed by atoms with Gasteiger partial charge in [-0.15, -0.1) is 0 Å². The van der Waals surface area contributed by atoms with Crippen molar-refractivity contribution in [1.29, 1.82) is 0 Å². The van der Waals surface area contributed by atoms with Crippen LogP contribution in [0.25, 0.3) is 0 Å². The van der Waals surface area contributed by atoms with Crippen LogP contribution in [0.5, 0.6) is 0 Å². The Balaban J connectivity index is 2.22. The molecule has 4 heteroatoms. The predicted molar refractivity (Wildman–Crippen MR) is 47.0 cm³/mol. The second kappa shape index (κ2) is 4.25. The van der Waals surface area contributed by atoms with E-state index in [1.54, 1.807) is 6.92 Å². The summed E-state index contributed by atoms with van der Waals surface area (Å²) in [7, 11) is 0. The first kappa shape index (κ1) is 10.0. The summed E-state index contributed by atoms with van der Waals surface area (Å²) in [4.78, 5) is 21.9. The van der Waals surface area contributed by atoms with Gasteiger partial charge in [0, 0.05) is 6.04 Å². The Hall–Kier alpha value is -1.06. The number of rotatable bonds is 3. The van der Waals surface area contributed by atoms with Gasteiger partial charge in [-0.3, -0.25) is 4.79 Å². The van der Waals surface area contributed by atoms with Crippen molar-refractivity contribution >= 4 is 11.9 Å². The molecule has 1 aliphatic rings. The average molecular weight is 185 g/mol. The standard InChI is InChI=1S/C9H15NO3/c1-3-6-5-7(6)10-8(11)9(12)13-4-2/h6-7H,3-5H2,1-2H3,(H,10,11). The number of ether oxygens (including phenoxy) is 1. The molecule has 1 saturated carbocycles. The first-order valence-corrected chi connectivity index (χ1v) is 4.66. The molecule has 1 amide bonds. The third-order valence-corrected chi connectivity index (χ3v) is 2.22. The number of nitrogens with one attached hydrogen (secondary N) is 1. The predicted octanol–water partition coefficient (Wildman–Crippen LogP) is 0.464. The highest BCUT2D eigenvalue weighted by Crippen LogP contribution is 2.32. The minimum Gasteiger partial charge on any atom is -0.459 e. The van der Waals surface area contributed by atoms with Gasteiger partial charge in [-0.2, -0.15) is 0 Å². The highest BCUT2D eigenvalue weighted by Gasteiger charge is 2.37. The van der Waals surface area contributed by atoms with Crippen LogP contribution in [0, 0.1) is 5.92 Å². The zero-order valence-corrected chi connectivity index (χ0v) is 8.00. The van der Waals surface area contributed by atoms with Crippen LogP contribution >= 0.6 is 0 Å². The van der Waals surface area contributed by atoms with Crippen molar-refractivity contribution in [2.45, 2.75) is 32.7 Å². The summed E-state index contributed by atoms with van der Waals surface area (Å²) in [5.41, 5.74) is 0. The fourth-order valence-corrected chi connectivity index (χ4v) is 1.30. The first-order valence-electron chi connectivity index (χ1n) is 4.66. The van der Waals surface area contributed by atoms with E-state index in [4.69, 9.17) is 0 Å². The molecule has 4 nitrogen and oxygen atoms in total. The second-order valence-corrected chi connectivity index (χ2v) is 3.20. The van der Waals surface area contributed by atoms with E-state index in [1.807, 2.05) is 0 Å². The lowest BCUT2D eigenvalue weighted by molar-refractivity contribution is -0.154. The number of hydrogen-bond donors (Lipinski definition) is 1. The summed E-state index contributed by atoms with van der Waals surface area (Å²) >= 11 is 0. The molecule has 0 aliphatic heterocycles. The summed E-state index contributed by atoms with van der Waals surface area (Å²) in [6, 6.07) is 0.196. The normalized spacial score (nSPS) is 25.1. The number of carbonyl (C=O) groups excluding carboxylic acids is 2. The molecule has 2 unspecified atom stereocenters. The van der Waals surface area contributed by atoms with Crippen molar-refractivity contribution in [3.8, 4) is 0 Å². The Morgan fingerprint density at radius 2 is 2.15 bits per heavy atom. The molecule has 0 aromatic rings. The van der Waals surface area contributed by atoms with E-state index >= 15 is 0 Å². The maximum Gasteiger partial charge on any atom is 0.396 e. The molecule has 74 valence electrons. The van der Waals surface area contributed by atoms with Crippen molar-refractivity contribution in [3.63, 3.8) is 0 Å². The van der Waals surface area contributed by atoms with Gasteiger partial charge in [0.15, 0.2) is 0 Å². The van der Waals surface area contributed by atoms with Gasteiger partial charge in [-0.1, -0.05) is 13.3 Å². The lowest BCUT2D eigenvalue weighted by Gasteiger charge is -2.02. The average Bonchev–Trinajstić information content (AvgIpc) is 2.83. The first-order chi connectivity index (χ1) is 6.19. The molecule has 0 heterocycles. The van der Waals surface area contributed by atoms with Crippen LogP contribution < -0.4 is 5.32 Å². The van der Waals surface area contributed by atoms with Gasteiger partial charge in [0.2, 0.25) is 0 Å². The third kappa shape index (κ3) is 2.72. The van der Waals surface area contributed by atoms with Crippen LogP contribution in [0.15, 0.2) is 0 Å². The summed E-state index contributed by atoms with van der Waals surface area (Å²) in [6.07, 6.45) is 2.04. The van der Waals surface area contributed by atoms with Gasteiger partial charge in [-0.25, -0.2) is 4.79 Å². The van der Waals surface area contributed by atoms with E-state index in [9.17, 15) is 9.59 Å².